The molecule has 0 N–H and O–H groups in total. The van der Waals surface area contributed by atoms with Crippen molar-refractivity contribution < 1.29 is 4.39 Å². The molecule has 0 aliphatic heterocycles. The molecule has 0 aliphatic carbocycles. The van der Waals surface area contributed by atoms with Gasteiger partial charge in [0.25, 0.3) is 0 Å². The molecule has 16 heavy (non-hydrogen) atoms. The number of rotatable bonds is 1. The summed E-state index contributed by atoms with van der Waals surface area (Å²) in [5.41, 5.74) is 1.21. The van der Waals surface area contributed by atoms with Crippen molar-refractivity contribution in [1.29, 1.82) is 5.26 Å². The number of hydrogen-bond acceptors (Lipinski definition) is 2. The molecule has 0 bridgehead atoms. The highest BCUT2D eigenvalue weighted by atomic mass is 79.9. The van der Waals surface area contributed by atoms with Gasteiger partial charge in [-0.25, -0.2) is 9.37 Å². The molecule has 0 amide bonds. The summed E-state index contributed by atoms with van der Waals surface area (Å²) in [6, 6.07) is 8.04. The zero-order valence-corrected chi connectivity index (χ0v) is 9.99. The summed E-state index contributed by atoms with van der Waals surface area (Å²) in [4.78, 5) is 4.22. The van der Waals surface area contributed by atoms with Gasteiger partial charge in [-0.15, -0.1) is 0 Å². The monoisotopic (exact) mass is 279 g/mol. The maximum atomic E-state index is 12.8. The Morgan fingerprint density at radius 3 is 2.50 bits per heavy atom. The zero-order valence-electron chi connectivity index (χ0n) is 8.41. The standard InChI is InChI=1S/C11H7BrFN3/c1-16-9(6-14)10(12)15-11(16)7-2-4-8(13)5-3-7/h2-5H,1H3. The van der Waals surface area contributed by atoms with Crippen LogP contribution in [0.25, 0.3) is 11.4 Å². The number of nitriles is 1. The Morgan fingerprint density at radius 2 is 2.00 bits per heavy atom. The third-order valence-corrected chi connectivity index (χ3v) is 2.81. The second kappa shape index (κ2) is 4.06. The van der Waals surface area contributed by atoms with Gasteiger partial charge in [-0.2, -0.15) is 5.26 Å². The summed E-state index contributed by atoms with van der Waals surface area (Å²) in [6.45, 7) is 0. The van der Waals surface area contributed by atoms with E-state index in [9.17, 15) is 4.39 Å². The first-order valence-corrected chi connectivity index (χ1v) is 5.31. The van der Waals surface area contributed by atoms with E-state index in [-0.39, 0.29) is 5.82 Å². The normalized spacial score (nSPS) is 10.1. The van der Waals surface area contributed by atoms with Gasteiger partial charge in [0.15, 0.2) is 5.69 Å². The first-order chi connectivity index (χ1) is 7.63. The first kappa shape index (κ1) is 10.8. The third kappa shape index (κ3) is 1.72. The van der Waals surface area contributed by atoms with E-state index in [1.165, 1.54) is 12.1 Å². The minimum Gasteiger partial charge on any atom is -0.318 e. The van der Waals surface area contributed by atoms with E-state index >= 15 is 0 Å². The van der Waals surface area contributed by atoms with Crippen LogP contribution in [0.3, 0.4) is 0 Å². The summed E-state index contributed by atoms with van der Waals surface area (Å²) >= 11 is 3.21. The Morgan fingerprint density at radius 1 is 1.38 bits per heavy atom. The number of hydrogen-bond donors (Lipinski definition) is 0. The number of benzene rings is 1. The minimum atomic E-state index is -0.294. The number of imidazole rings is 1. The van der Waals surface area contributed by atoms with Gasteiger partial charge in [0, 0.05) is 12.6 Å². The van der Waals surface area contributed by atoms with Gasteiger partial charge in [-0.3, -0.25) is 0 Å². The Bertz CT molecular complexity index is 566. The van der Waals surface area contributed by atoms with Crippen molar-refractivity contribution in [2.24, 2.45) is 7.05 Å². The fourth-order valence-corrected chi connectivity index (χ4v) is 1.97. The van der Waals surface area contributed by atoms with E-state index in [0.717, 1.165) is 5.56 Å². The molecule has 3 nitrogen and oxygen atoms in total. The molecule has 2 aromatic rings. The van der Waals surface area contributed by atoms with Crippen molar-refractivity contribution in [3.05, 3.63) is 40.4 Å². The lowest BCUT2D eigenvalue weighted by molar-refractivity contribution is 0.628. The van der Waals surface area contributed by atoms with Crippen LogP contribution in [0.1, 0.15) is 5.69 Å². The Labute approximate surface area is 100 Å². The molecular weight excluding hydrogens is 273 g/mol. The Kier molecular flexibility index (Phi) is 2.75. The molecular formula is C11H7BrFN3. The highest BCUT2D eigenvalue weighted by Gasteiger charge is 2.13. The quantitative estimate of drug-likeness (QED) is 0.806. The van der Waals surface area contributed by atoms with E-state index in [1.54, 1.807) is 23.7 Å². The third-order valence-electron chi connectivity index (χ3n) is 2.26. The summed E-state index contributed by atoms with van der Waals surface area (Å²) in [7, 11) is 1.75. The molecule has 0 aliphatic rings. The van der Waals surface area contributed by atoms with Gasteiger partial charge < -0.3 is 4.57 Å². The average molecular weight is 280 g/mol. The van der Waals surface area contributed by atoms with Crippen molar-refractivity contribution in [2.45, 2.75) is 0 Å². The van der Waals surface area contributed by atoms with Crippen LogP contribution >= 0.6 is 15.9 Å². The molecule has 1 aromatic heterocycles. The molecule has 5 heteroatoms. The second-order valence-electron chi connectivity index (χ2n) is 3.25. The molecule has 0 fully saturated rings. The molecule has 0 spiro atoms. The SMILES string of the molecule is Cn1c(-c2ccc(F)cc2)nc(Br)c1C#N. The smallest absolute Gasteiger partial charge is 0.154 e. The van der Waals surface area contributed by atoms with Crippen LogP contribution in [0.5, 0.6) is 0 Å². The summed E-state index contributed by atoms with van der Waals surface area (Å²) in [5, 5.41) is 8.90. The van der Waals surface area contributed by atoms with E-state index in [4.69, 9.17) is 5.26 Å². The molecule has 80 valence electrons. The van der Waals surface area contributed by atoms with Gasteiger partial charge in [0.2, 0.25) is 0 Å². The second-order valence-corrected chi connectivity index (χ2v) is 4.00. The predicted molar refractivity (Wildman–Crippen MR) is 61.0 cm³/mol. The maximum absolute atomic E-state index is 12.8. The Hall–Kier alpha value is -1.67. The molecule has 0 atom stereocenters. The molecule has 0 radical (unpaired) electrons. The lowest BCUT2D eigenvalue weighted by Crippen LogP contribution is -1.95. The minimum absolute atomic E-state index is 0.294. The van der Waals surface area contributed by atoms with E-state index in [2.05, 4.69) is 20.9 Å². The molecule has 0 saturated carbocycles. The molecule has 1 aromatic carbocycles. The number of halogens is 2. The van der Waals surface area contributed by atoms with Crippen LogP contribution in [0.4, 0.5) is 4.39 Å². The highest BCUT2D eigenvalue weighted by Crippen LogP contribution is 2.24. The lowest BCUT2D eigenvalue weighted by Gasteiger charge is -2.01. The molecule has 0 saturated heterocycles. The topological polar surface area (TPSA) is 41.6 Å². The van der Waals surface area contributed by atoms with Crippen LogP contribution in [-0.4, -0.2) is 9.55 Å². The van der Waals surface area contributed by atoms with Crippen LogP contribution in [0.2, 0.25) is 0 Å². The van der Waals surface area contributed by atoms with Crippen LogP contribution in [-0.2, 0) is 7.05 Å². The highest BCUT2D eigenvalue weighted by molar-refractivity contribution is 9.10. The molecule has 0 unspecified atom stereocenters. The van der Waals surface area contributed by atoms with Gasteiger partial charge in [0.1, 0.15) is 22.3 Å². The molecule has 1 heterocycles. The summed E-state index contributed by atoms with van der Waals surface area (Å²) in [6.07, 6.45) is 0. The van der Waals surface area contributed by atoms with Crippen molar-refractivity contribution in [3.8, 4) is 17.5 Å². The van der Waals surface area contributed by atoms with Gasteiger partial charge in [0.05, 0.1) is 0 Å². The summed E-state index contributed by atoms with van der Waals surface area (Å²) < 4.78 is 14.9. The largest absolute Gasteiger partial charge is 0.318 e. The van der Waals surface area contributed by atoms with Crippen molar-refractivity contribution in [3.63, 3.8) is 0 Å². The van der Waals surface area contributed by atoms with Crippen molar-refractivity contribution in [2.75, 3.05) is 0 Å². The van der Waals surface area contributed by atoms with E-state index in [0.29, 0.717) is 16.1 Å². The van der Waals surface area contributed by atoms with Crippen LogP contribution in [0, 0.1) is 17.1 Å². The van der Waals surface area contributed by atoms with Crippen molar-refractivity contribution >= 4 is 15.9 Å². The fraction of sp³-hybridized carbons (Fsp3) is 0.0909. The van der Waals surface area contributed by atoms with Crippen molar-refractivity contribution in [1.82, 2.24) is 9.55 Å². The molecule has 2 rings (SSSR count). The van der Waals surface area contributed by atoms with E-state index in [1.807, 2.05) is 6.07 Å². The average Bonchev–Trinajstić information content (AvgIpc) is 2.55. The van der Waals surface area contributed by atoms with Crippen LogP contribution < -0.4 is 0 Å². The van der Waals surface area contributed by atoms with E-state index < -0.39 is 0 Å². The lowest BCUT2D eigenvalue weighted by atomic mass is 10.2. The summed E-state index contributed by atoms with van der Waals surface area (Å²) in [5.74, 6) is 0.334. The predicted octanol–water partition coefficient (Wildman–Crippen LogP) is 2.86. The maximum Gasteiger partial charge on any atom is 0.154 e. The number of aromatic nitrogens is 2. The fourth-order valence-electron chi connectivity index (χ4n) is 1.44. The van der Waals surface area contributed by atoms with Crippen LogP contribution in [0.15, 0.2) is 28.9 Å². The Balaban J connectivity index is 2.58. The van der Waals surface area contributed by atoms with Gasteiger partial charge in [-0.05, 0) is 40.2 Å². The zero-order chi connectivity index (χ0) is 11.7. The van der Waals surface area contributed by atoms with Gasteiger partial charge in [-0.1, -0.05) is 0 Å². The van der Waals surface area contributed by atoms with Gasteiger partial charge >= 0.3 is 0 Å². The first-order valence-electron chi connectivity index (χ1n) is 4.51. The number of nitrogens with zero attached hydrogens (tertiary/aromatic N) is 3.